The lowest BCUT2D eigenvalue weighted by molar-refractivity contribution is -0.125. The molecule has 1 aromatic carbocycles. The Morgan fingerprint density at radius 1 is 1.40 bits per heavy atom. The Morgan fingerprint density at radius 3 is 2.85 bits per heavy atom. The van der Waals surface area contributed by atoms with Crippen molar-refractivity contribution in [2.24, 2.45) is 0 Å². The Bertz CT molecular complexity index is 630. The number of benzene rings is 1. The second-order valence-corrected chi connectivity index (χ2v) is 4.78. The van der Waals surface area contributed by atoms with Gasteiger partial charge in [0.05, 0.1) is 6.54 Å². The maximum Gasteiger partial charge on any atom is 0.246 e. The minimum absolute atomic E-state index is 0.0750. The summed E-state index contributed by atoms with van der Waals surface area (Å²) in [6.07, 6.45) is 3.38. The van der Waals surface area contributed by atoms with Crippen molar-refractivity contribution in [1.29, 1.82) is 0 Å². The number of aromatic amines is 1. The van der Waals surface area contributed by atoms with E-state index >= 15 is 0 Å². The van der Waals surface area contributed by atoms with Crippen molar-refractivity contribution in [1.82, 2.24) is 20.1 Å². The zero-order valence-corrected chi connectivity index (χ0v) is 11.9. The number of amides is 1. The van der Waals surface area contributed by atoms with Gasteiger partial charge in [0.2, 0.25) is 5.91 Å². The highest BCUT2D eigenvalue weighted by Gasteiger charge is 2.08. The first-order valence-corrected chi connectivity index (χ1v) is 6.42. The van der Waals surface area contributed by atoms with Gasteiger partial charge in [0.15, 0.2) is 5.82 Å². The predicted molar refractivity (Wildman–Crippen MR) is 77.8 cm³/mol. The lowest BCUT2D eigenvalue weighted by Gasteiger charge is -2.12. The summed E-state index contributed by atoms with van der Waals surface area (Å²) < 4.78 is 0. The number of hydrogen-bond acceptors (Lipinski definition) is 3. The van der Waals surface area contributed by atoms with Gasteiger partial charge < -0.3 is 4.90 Å². The quantitative estimate of drug-likeness (QED) is 0.865. The molecule has 0 bridgehead atoms. The number of carbonyl (C=O) groups is 1. The molecule has 104 valence electrons. The first-order chi connectivity index (χ1) is 9.54. The molecule has 0 fully saturated rings. The van der Waals surface area contributed by atoms with Crippen LogP contribution in [0.2, 0.25) is 0 Å². The molecule has 1 N–H and O–H groups in total. The maximum absolute atomic E-state index is 12.0. The van der Waals surface area contributed by atoms with Crippen molar-refractivity contribution >= 4 is 12.0 Å². The molecule has 0 saturated heterocycles. The second kappa shape index (κ2) is 6.14. The van der Waals surface area contributed by atoms with Crippen molar-refractivity contribution in [3.63, 3.8) is 0 Å². The van der Waals surface area contributed by atoms with E-state index in [1.54, 1.807) is 18.0 Å². The molecule has 2 aromatic rings. The summed E-state index contributed by atoms with van der Waals surface area (Å²) in [6.45, 7) is 4.24. The fourth-order valence-electron chi connectivity index (χ4n) is 1.82. The summed E-state index contributed by atoms with van der Waals surface area (Å²) >= 11 is 0. The van der Waals surface area contributed by atoms with Crippen LogP contribution in [0, 0.1) is 13.8 Å². The van der Waals surface area contributed by atoms with Gasteiger partial charge in [-0.1, -0.05) is 29.8 Å². The molecule has 0 spiro atoms. The molecule has 0 aliphatic rings. The number of aromatic nitrogens is 3. The largest absolute Gasteiger partial charge is 0.335 e. The Balaban J connectivity index is 1.97. The maximum atomic E-state index is 12.0. The summed E-state index contributed by atoms with van der Waals surface area (Å²) in [5.41, 5.74) is 2.18. The van der Waals surface area contributed by atoms with Crippen LogP contribution in [0.5, 0.6) is 0 Å². The van der Waals surface area contributed by atoms with Gasteiger partial charge in [-0.3, -0.25) is 9.89 Å². The average molecular weight is 270 g/mol. The number of nitrogens with zero attached hydrogens (tertiary/aromatic N) is 3. The van der Waals surface area contributed by atoms with Crippen molar-refractivity contribution in [2.45, 2.75) is 20.4 Å². The number of aryl methyl sites for hydroxylation is 2. The number of carbonyl (C=O) groups excluding carboxylic acids is 1. The van der Waals surface area contributed by atoms with Gasteiger partial charge in [0.25, 0.3) is 0 Å². The molecule has 5 nitrogen and oxygen atoms in total. The van der Waals surface area contributed by atoms with E-state index in [0.717, 1.165) is 11.4 Å². The van der Waals surface area contributed by atoms with Gasteiger partial charge >= 0.3 is 0 Å². The van der Waals surface area contributed by atoms with Crippen LogP contribution in [0.3, 0.4) is 0 Å². The predicted octanol–water partition coefficient (Wildman–Crippen LogP) is 2.09. The number of rotatable bonds is 4. The fourth-order valence-corrected chi connectivity index (χ4v) is 1.82. The SMILES string of the molecule is Cc1cccc(C=CC(=O)N(C)Cc2n[nH]c(C)n2)c1. The van der Waals surface area contributed by atoms with Crippen molar-refractivity contribution < 1.29 is 4.79 Å². The van der Waals surface area contributed by atoms with Crippen LogP contribution in [0.25, 0.3) is 6.08 Å². The van der Waals surface area contributed by atoms with Crippen LogP contribution in [0.4, 0.5) is 0 Å². The van der Waals surface area contributed by atoms with E-state index in [0.29, 0.717) is 12.4 Å². The van der Waals surface area contributed by atoms with Crippen LogP contribution in [0.15, 0.2) is 30.3 Å². The van der Waals surface area contributed by atoms with Gasteiger partial charge in [0, 0.05) is 13.1 Å². The van der Waals surface area contributed by atoms with Crippen LogP contribution >= 0.6 is 0 Å². The van der Waals surface area contributed by atoms with Crippen molar-refractivity contribution in [3.05, 3.63) is 53.1 Å². The lowest BCUT2D eigenvalue weighted by atomic mass is 10.1. The van der Waals surface area contributed by atoms with E-state index in [1.165, 1.54) is 5.56 Å². The molecule has 2 rings (SSSR count). The third-order valence-corrected chi connectivity index (χ3v) is 2.86. The first-order valence-electron chi connectivity index (χ1n) is 6.42. The normalized spacial score (nSPS) is 10.9. The smallest absolute Gasteiger partial charge is 0.246 e. The molecule has 0 atom stereocenters. The van der Waals surface area contributed by atoms with Gasteiger partial charge in [-0.2, -0.15) is 5.10 Å². The topological polar surface area (TPSA) is 61.9 Å². The van der Waals surface area contributed by atoms with Crippen LogP contribution in [0.1, 0.15) is 22.8 Å². The molecule has 0 aliphatic heterocycles. The molecule has 0 saturated carbocycles. The van der Waals surface area contributed by atoms with E-state index in [-0.39, 0.29) is 5.91 Å². The minimum Gasteiger partial charge on any atom is -0.335 e. The second-order valence-electron chi connectivity index (χ2n) is 4.78. The van der Waals surface area contributed by atoms with Gasteiger partial charge in [-0.25, -0.2) is 4.98 Å². The molecular formula is C15H18N4O. The number of hydrogen-bond donors (Lipinski definition) is 1. The minimum atomic E-state index is -0.0750. The van der Waals surface area contributed by atoms with E-state index in [9.17, 15) is 4.79 Å². The summed E-state index contributed by atoms with van der Waals surface area (Å²) in [5.74, 6) is 1.28. The lowest BCUT2D eigenvalue weighted by Crippen LogP contribution is -2.24. The summed E-state index contributed by atoms with van der Waals surface area (Å²) in [5, 5.41) is 6.77. The Labute approximate surface area is 118 Å². The molecular weight excluding hydrogens is 252 g/mol. The van der Waals surface area contributed by atoms with Gasteiger partial charge in [-0.15, -0.1) is 0 Å². The van der Waals surface area contributed by atoms with Crippen LogP contribution in [-0.2, 0) is 11.3 Å². The van der Waals surface area contributed by atoms with Crippen LogP contribution < -0.4 is 0 Å². The van der Waals surface area contributed by atoms with E-state index in [2.05, 4.69) is 15.2 Å². The molecule has 20 heavy (non-hydrogen) atoms. The summed E-state index contributed by atoms with van der Waals surface area (Å²) in [7, 11) is 1.73. The van der Waals surface area contributed by atoms with E-state index in [1.807, 2.05) is 44.2 Å². The zero-order valence-electron chi connectivity index (χ0n) is 11.9. The first kappa shape index (κ1) is 14.0. The summed E-state index contributed by atoms with van der Waals surface area (Å²) in [4.78, 5) is 17.7. The standard InChI is InChI=1S/C15H18N4O/c1-11-5-4-6-13(9-11)7-8-15(20)19(3)10-14-16-12(2)17-18-14/h4-9H,10H2,1-3H3,(H,16,17,18). The van der Waals surface area contributed by atoms with Crippen LogP contribution in [-0.4, -0.2) is 33.0 Å². The highest BCUT2D eigenvalue weighted by atomic mass is 16.2. The Kier molecular flexibility index (Phi) is 4.30. The third kappa shape index (κ3) is 3.78. The molecule has 1 amide bonds. The van der Waals surface area contributed by atoms with Gasteiger partial charge in [0.1, 0.15) is 5.82 Å². The molecule has 0 radical (unpaired) electrons. The fraction of sp³-hybridized carbons (Fsp3) is 0.267. The highest BCUT2D eigenvalue weighted by Crippen LogP contribution is 2.06. The Hall–Kier alpha value is -2.43. The van der Waals surface area contributed by atoms with E-state index < -0.39 is 0 Å². The van der Waals surface area contributed by atoms with Crippen molar-refractivity contribution in [3.8, 4) is 0 Å². The van der Waals surface area contributed by atoms with Crippen molar-refractivity contribution in [2.75, 3.05) is 7.05 Å². The van der Waals surface area contributed by atoms with Gasteiger partial charge in [-0.05, 0) is 25.5 Å². The molecule has 1 heterocycles. The molecule has 0 unspecified atom stereocenters. The average Bonchev–Trinajstić information content (AvgIpc) is 2.81. The molecule has 0 aliphatic carbocycles. The molecule has 5 heteroatoms. The zero-order chi connectivity index (χ0) is 14.5. The molecule has 1 aromatic heterocycles. The highest BCUT2D eigenvalue weighted by molar-refractivity contribution is 5.91. The number of H-pyrrole nitrogens is 1. The monoisotopic (exact) mass is 270 g/mol. The van der Waals surface area contributed by atoms with E-state index in [4.69, 9.17) is 0 Å². The summed E-state index contributed by atoms with van der Waals surface area (Å²) in [6, 6.07) is 7.99. The number of nitrogens with one attached hydrogen (secondary N) is 1. The Morgan fingerprint density at radius 2 is 2.20 bits per heavy atom. The third-order valence-electron chi connectivity index (χ3n) is 2.86. The number of likely N-dealkylation sites (N-methyl/N-ethyl adjacent to an activating group) is 1.